The number of H-pyrrole nitrogens is 1. The molecule has 0 atom stereocenters. The van der Waals surface area contributed by atoms with Crippen LogP contribution in [0.4, 0.5) is 5.69 Å². The highest BCUT2D eigenvalue weighted by Gasteiger charge is 2.52. The third kappa shape index (κ3) is 3.42. The molecule has 2 N–H and O–H groups in total. The molecular weight excluding hydrogens is 426 g/mol. The lowest BCUT2D eigenvalue weighted by Gasteiger charge is -2.15. The third-order valence-electron chi connectivity index (χ3n) is 5.86. The topological polar surface area (TPSA) is 101 Å². The number of aromatic nitrogens is 2. The molecule has 0 radical (unpaired) electrons. The molecule has 8 heteroatoms. The Morgan fingerprint density at radius 2 is 1.69 bits per heavy atom. The number of anilines is 1. The van der Waals surface area contributed by atoms with Gasteiger partial charge >= 0.3 is 5.97 Å². The Kier molecular flexibility index (Phi) is 4.74. The van der Waals surface area contributed by atoms with E-state index in [0.29, 0.717) is 29.9 Å². The van der Waals surface area contributed by atoms with E-state index >= 15 is 0 Å². The number of carbonyl (C=O) groups excluding carboxylic acids is 1. The molecule has 0 spiro atoms. The van der Waals surface area contributed by atoms with E-state index in [2.05, 4.69) is 14.7 Å². The normalized spacial score (nSPS) is 14.8. The van der Waals surface area contributed by atoms with Crippen LogP contribution in [0.25, 0.3) is 22.4 Å². The predicted molar refractivity (Wildman–Crippen MR) is 122 cm³/mol. The molecule has 0 unspecified atom stereocenters. The molecule has 0 bridgehead atoms. The van der Waals surface area contributed by atoms with Gasteiger partial charge < -0.3 is 9.72 Å². The highest BCUT2D eigenvalue weighted by molar-refractivity contribution is 7.92. The molecule has 1 aliphatic rings. The molecule has 4 aromatic rings. The zero-order valence-corrected chi connectivity index (χ0v) is 18.1. The van der Waals surface area contributed by atoms with E-state index in [1.54, 1.807) is 24.3 Å². The van der Waals surface area contributed by atoms with Crippen LogP contribution in [-0.2, 0) is 25.0 Å². The summed E-state index contributed by atoms with van der Waals surface area (Å²) >= 11 is 0. The maximum atomic E-state index is 13.1. The van der Waals surface area contributed by atoms with Crippen molar-refractivity contribution in [1.29, 1.82) is 0 Å². The van der Waals surface area contributed by atoms with E-state index in [9.17, 15) is 13.2 Å². The van der Waals surface area contributed by atoms with Gasteiger partial charge in [-0.15, -0.1) is 0 Å². The van der Waals surface area contributed by atoms with Crippen LogP contribution in [0.15, 0.2) is 77.7 Å². The monoisotopic (exact) mass is 447 g/mol. The number of sulfonamides is 1. The smallest absolute Gasteiger partial charge is 0.316 e. The van der Waals surface area contributed by atoms with E-state index in [0.717, 1.165) is 16.6 Å². The van der Waals surface area contributed by atoms with Crippen molar-refractivity contribution in [3.63, 3.8) is 0 Å². The Hall–Kier alpha value is -3.65. The number of imidazole rings is 1. The maximum Gasteiger partial charge on any atom is 0.316 e. The molecule has 1 saturated carbocycles. The fourth-order valence-corrected chi connectivity index (χ4v) is 5.03. The van der Waals surface area contributed by atoms with Gasteiger partial charge in [-0.1, -0.05) is 36.4 Å². The van der Waals surface area contributed by atoms with E-state index < -0.39 is 15.4 Å². The number of nitrogens with one attached hydrogen (secondary N) is 2. The molecule has 1 fully saturated rings. The van der Waals surface area contributed by atoms with Gasteiger partial charge in [-0.3, -0.25) is 9.52 Å². The first-order chi connectivity index (χ1) is 15.4. The Balaban J connectivity index is 1.45. The van der Waals surface area contributed by atoms with E-state index in [4.69, 9.17) is 4.74 Å². The number of rotatable bonds is 6. The largest absolute Gasteiger partial charge is 0.468 e. The number of para-hydroxylation sites is 3. The van der Waals surface area contributed by atoms with Crippen molar-refractivity contribution < 1.29 is 17.9 Å². The summed E-state index contributed by atoms with van der Waals surface area (Å²) in [5.41, 5.74) is 2.87. The van der Waals surface area contributed by atoms with Crippen LogP contribution >= 0.6 is 0 Å². The fourth-order valence-electron chi connectivity index (χ4n) is 3.95. The number of benzene rings is 3. The molecule has 3 aromatic carbocycles. The minimum atomic E-state index is -3.85. The first-order valence-corrected chi connectivity index (χ1v) is 11.7. The van der Waals surface area contributed by atoms with Gasteiger partial charge in [0.2, 0.25) is 0 Å². The zero-order chi connectivity index (χ0) is 22.3. The van der Waals surface area contributed by atoms with Gasteiger partial charge in [-0.05, 0) is 54.8 Å². The number of ether oxygens (including phenoxy) is 1. The van der Waals surface area contributed by atoms with Crippen LogP contribution in [0.2, 0.25) is 0 Å². The second kappa shape index (κ2) is 7.49. The van der Waals surface area contributed by atoms with Gasteiger partial charge in [-0.2, -0.15) is 0 Å². The molecule has 1 heterocycles. The summed E-state index contributed by atoms with van der Waals surface area (Å²) in [5, 5.41) is 0. The summed E-state index contributed by atoms with van der Waals surface area (Å²) in [4.78, 5) is 20.0. The van der Waals surface area contributed by atoms with Crippen molar-refractivity contribution in [2.75, 3.05) is 11.8 Å². The number of methoxy groups -OCH3 is 1. The lowest BCUT2D eigenvalue weighted by Crippen LogP contribution is -2.22. The van der Waals surface area contributed by atoms with Crippen molar-refractivity contribution in [3.8, 4) is 11.4 Å². The predicted octanol–water partition coefficient (Wildman–Crippen LogP) is 4.24. The quantitative estimate of drug-likeness (QED) is 0.431. The second-order valence-corrected chi connectivity index (χ2v) is 9.53. The molecule has 0 amide bonds. The van der Waals surface area contributed by atoms with E-state index in [-0.39, 0.29) is 10.9 Å². The lowest BCUT2D eigenvalue weighted by atomic mass is 9.96. The Morgan fingerprint density at radius 3 is 2.38 bits per heavy atom. The molecule has 7 nitrogen and oxygen atoms in total. The molecule has 0 saturated heterocycles. The van der Waals surface area contributed by atoms with Crippen LogP contribution < -0.4 is 4.72 Å². The van der Waals surface area contributed by atoms with Crippen LogP contribution in [0, 0.1) is 0 Å². The van der Waals surface area contributed by atoms with Crippen LogP contribution in [0.5, 0.6) is 0 Å². The number of aromatic amines is 1. The van der Waals surface area contributed by atoms with Crippen molar-refractivity contribution in [1.82, 2.24) is 9.97 Å². The molecule has 1 aromatic heterocycles. The Labute approximate surface area is 185 Å². The van der Waals surface area contributed by atoms with Crippen molar-refractivity contribution in [2.24, 2.45) is 0 Å². The van der Waals surface area contributed by atoms with Crippen LogP contribution in [-0.4, -0.2) is 31.5 Å². The average Bonchev–Trinajstić information content (AvgIpc) is 3.51. The summed E-state index contributed by atoms with van der Waals surface area (Å²) in [7, 11) is -2.48. The first kappa shape index (κ1) is 20.3. The third-order valence-corrected chi connectivity index (χ3v) is 7.24. The summed E-state index contributed by atoms with van der Waals surface area (Å²) in [6.07, 6.45) is 1.41. The lowest BCUT2D eigenvalue weighted by molar-refractivity contribution is -0.143. The fraction of sp³-hybridized carbons (Fsp3) is 0.167. The van der Waals surface area contributed by atoms with E-state index in [1.807, 2.05) is 36.4 Å². The minimum Gasteiger partial charge on any atom is -0.468 e. The second-order valence-electron chi connectivity index (χ2n) is 7.85. The standard InChI is InChI=1S/C24H21N3O4S/c1-31-23(28)24(14-15-24)16-10-12-17(13-11-16)32(29,30)27-19-7-3-2-6-18(19)22-25-20-8-4-5-9-21(20)26-22/h2-13,27H,14-15H2,1H3,(H,25,26). The van der Waals surface area contributed by atoms with Gasteiger partial charge in [0.25, 0.3) is 10.0 Å². The number of hydrogen-bond acceptors (Lipinski definition) is 5. The molecule has 5 rings (SSSR count). The number of fused-ring (bicyclic) bond motifs is 1. The van der Waals surface area contributed by atoms with Gasteiger partial charge in [0.1, 0.15) is 5.82 Å². The average molecular weight is 448 g/mol. The number of hydrogen-bond donors (Lipinski definition) is 2. The number of esters is 1. The van der Waals surface area contributed by atoms with E-state index in [1.165, 1.54) is 19.2 Å². The summed E-state index contributed by atoms with van der Waals surface area (Å²) in [5.74, 6) is 0.291. The molecule has 32 heavy (non-hydrogen) atoms. The first-order valence-electron chi connectivity index (χ1n) is 10.2. The minimum absolute atomic E-state index is 0.112. The highest BCUT2D eigenvalue weighted by atomic mass is 32.2. The SMILES string of the molecule is COC(=O)C1(c2ccc(S(=O)(=O)Nc3ccccc3-c3nc4ccccc4[nH]3)cc2)CC1. The Bertz CT molecular complexity index is 1390. The van der Waals surface area contributed by atoms with Crippen LogP contribution in [0.3, 0.4) is 0 Å². The summed E-state index contributed by atoms with van der Waals surface area (Å²) in [6.45, 7) is 0. The number of carbonyl (C=O) groups is 1. The molecule has 162 valence electrons. The highest BCUT2D eigenvalue weighted by Crippen LogP contribution is 2.49. The van der Waals surface area contributed by atoms with Gasteiger partial charge in [0.05, 0.1) is 34.1 Å². The van der Waals surface area contributed by atoms with Gasteiger partial charge in [0.15, 0.2) is 0 Å². The number of nitrogens with zero attached hydrogens (tertiary/aromatic N) is 1. The summed E-state index contributed by atoms with van der Waals surface area (Å²) in [6, 6.07) is 21.1. The molecule has 0 aliphatic heterocycles. The maximum absolute atomic E-state index is 13.1. The molecule has 1 aliphatic carbocycles. The molecular formula is C24H21N3O4S. The van der Waals surface area contributed by atoms with Crippen LogP contribution in [0.1, 0.15) is 18.4 Å². The summed E-state index contributed by atoms with van der Waals surface area (Å²) < 4.78 is 33.8. The zero-order valence-electron chi connectivity index (χ0n) is 17.3. The van der Waals surface area contributed by atoms with Crippen molar-refractivity contribution in [2.45, 2.75) is 23.2 Å². The Morgan fingerprint density at radius 1 is 1.00 bits per heavy atom. The van der Waals surface area contributed by atoms with Crippen molar-refractivity contribution >= 4 is 32.7 Å². The van der Waals surface area contributed by atoms with Crippen molar-refractivity contribution in [3.05, 3.63) is 78.4 Å². The van der Waals surface area contributed by atoms with Gasteiger partial charge in [0, 0.05) is 5.56 Å². The van der Waals surface area contributed by atoms with Gasteiger partial charge in [-0.25, -0.2) is 13.4 Å².